The summed E-state index contributed by atoms with van der Waals surface area (Å²) in [5, 5.41) is 2.82. The van der Waals surface area contributed by atoms with Gasteiger partial charge in [0, 0.05) is 23.6 Å². The van der Waals surface area contributed by atoms with Gasteiger partial charge in [-0.3, -0.25) is 4.79 Å². The van der Waals surface area contributed by atoms with Crippen molar-refractivity contribution >= 4 is 5.91 Å². The minimum Gasteiger partial charge on any atom is -0.353 e. The van der Waals surface area contributed by atoms with Crippen molar-refractivity contribution in [2.45, 2.75) is 44.7 Å². The molecule has 0 spiro atoms. The number of nitrogens with one attached hydrogen (secondary N) is 1. The number of amides is 1. The van der Waals surface area contributed by atoms with E-state index < -0.39 is 11.6 Å². The first-order chi connectivity index (χ1) is 9.47. The summed E-state index contributed by atoms with van der Waals surface area (Å²) in [4.78, 5) is 12.0. The van der Waals surface area contributed by atoms with Crippen LogP contribution in [0.5, 0.6) is 0 Å². The van der Waals surface area contributed by atoms with Crippen molar-refractivity contribution in [1.82, 2.24) is 5.32 Å². The molecule has 0 saturated heterocycles. The van der Waals surface area contributed by atoms with Gasteiger partial charge in [-0.1, -0.05) is 6.07 Å². The van der Waals surface area contributed by atoms with E-state index in [0.29, 0.717) is 6.42 Å². The van der Waals surface area contributed by atoms with Crippen LogP contribution in [0.4, 0.5) is 8.78 Å². The number of benzene rings is 1. The first-order valence-electron chi connectivity index (χ1n) is 6.96. The van der Waals surface area contributed by atoms with Crippen LogP contribution in [-0.2, 0) is 11.2 Å². The summed E-state index contributed by atoms with van der Waals surface area (Å²) < 4.78 is 27.1. The first-order valence-corrected chi connectivity index (χ1v) is 6.96. The molecule has 5 heteroatoms. The van der Waals surface area contributed by atoms with Gasteiger partial charge in [0.2, 0.25) is 5.91 Å². The molecule has 1 aliphatic carbocycles. The molecule has 2 rings (SSSR count). The van der Waals surface area contributed by atoms with E-state index in [9.17, 15) is 13.6 Å². The van der Waals surface area contributed by atoms with Gasteiger partial charge in [0.15, 0.2) is 0 Å². The van der Waals surface area contributed by atoms with Gasteiger partial charge in [-0.15, -0.1) is 0 Å². The summed E-state index contributed by atoms with van der Waals surface area (Å²) in [5.41, 5.74) is 5.79. The summed E-state index contributed by atoms with van der Waals surface area (Å²) in [5.74, 6) is -1.29. The summed E-state index contributed by atoms with van der Waals surface area (Å²) in [6, 6.07) is 3.55. The molecule has 1 aromatic rings. The Morgan fingerprint density at radius 2 is 2.05 bits per heavy atom. The maximum Gasteiger partial charge on any atom is 0.223 e. The minimum atomic E-state index is -0.575. The third kappa shape index (κ3) is 3.54. The smallest absolute Gasteiger partial charge is 0.223 e. The highest BCUT2D eigenvalue weighted by Crippen LogP contribution is 2.24. The van der Waals surface area contributed by atoms with Crippen LogP contribution in [0.2, 0.25) is 0 Å². The quantitative estimate of drug-likeness (QED) is 0.889. The molecule has 1 amide bonds. The molecule has 1 aromatic carbocycles. The van der Waals surface area contributed by atoms with E-state index in [1.807, 2.05) is 0 Å². The van der Waals surface area contributed by atoms with Gasteiger partial charge in [-0.05, 0) is 44.7 Å². The van der Waals surface area contributed by atoms with Crippen molar-refractivity contribution in [3.63, 3.8) is 0 Å². The molecule has 3 atom stereocenters. The summed E-state index contributed by atoms with van der Waals surface area (Å²) in [6.45, 7) is 1.75. The van der Waals surface area contributed by atoms with Crippen LogP contribution >= 0.6 is 0 Å². The van der Waals surface area contributed by atoms with Crippen LogP contribution < -0.4 is 11.1 Å². The van der Waals surface area contributed by atoms with Crippen LogP contribution in [0, 0.1) is 17.6 Å². The molecule has 1 saturated carbocycles. The Morgan fingerprint density at radius 3 is 2.60 bits per heavy atom. The van der Waals surface area contributed by atoms with E-state index in [0.717, 1.165) is 12.8 Å². The zero-order valence-electron chi connectivity index (χ0n) is 11.5. The van der Waals surface area contributed by atoms with Crippen molar-refractivity contribution < 1.29 is 13.6 Å². The average Bonchev–Trinajstić information content (AvgIpc) is 2.81. The van der Waals surface area contributed by atoms with Gasteiger partial charge in [0.05, 0.1) is 0 Å². The van der Waals surface area contributed by atoms with Crippen molar-refractivity contribution in [3.05, 3.63) is 35.4 Å². The minimum absolute atomic E-state index is 0.0171. The Labute approximate surface area is 117 Å². The Morgan fingerprint density at radius 1 is 1.40 bits per heavy atom. The second-order valence-electron chi connectivity index (χ2n) is 5.58. The molecular weight excluding hydrogens is 262 g/mol. The molecule has 1 fully saturated rings. The number of carbonyl (C=O) groups is 1. The molecule has 0 bridgehead atoms. The Hall–Kier alpha value is -1.49. The number of hydrogen-bond donors (Lipinski definition) is 2. The lowest BCUT2D eigenvalue weighted by Crippen LogP contribution is -2.38. The maximum atomic E-state index is 13.5. The van der Waals surface area contributed by atoms with Gasteiger partial charge >= 0.3 is 0 Å². The second kappa shape index (κ2) is 6.31. The van der Waals surface area contributed by atoms with Gasteiger partial charge in [0.1, 0.15) is 11.6 Å². The van der Waals surface area contributed by atoms with Gasteiger partial charge in [-0.2, -0.15) is 0 Å². The van der Waals surface area contributed by atoms with Crippen LogP contribution in [0.25, 0.3) is 0 Å². The highest BCUT2D eigenvalue weighted by Gasteiger charge is 2.28. The Bertz CT molecular complexity index is 473. The molecule has 20 heavy (non-hydrogen) atoms. The molecule has 0 radical (unpaired) electrons. The van der Waals surface area contributed by atoms with E-state index in [1.165, 1.54) is 18.2 Å². The first kappa shape index (κ1) is 14.9. The standard InChI is InChI=1S/C15H20F2N2O/c1-9(7-12-13(16)3-2-4-14(12)17)19-15(20)10-5-6-11(18)8-10/h2-4,9-11H,5-8,18H2,1H3,(H,19,20). The van der Waals surface area contributed by atoms with E-state index in [1.54, 1.807) is 6.92 Å². The largest absolute Gasteiger partial charge is 0.353 e. The van der Waals surface area contributed by atoms with Gasteiger partial charge in [0.25, 0.3) is 0 Å². The zero-order valence-corrected chi connectivity index (χ0v) is 11.5. The van der Waals surface area contributed by atoms with E-state index in [-0.39, 0.29) is 35.9 Å². The summed E-state index contributed by atoms with van der Waals surface area (Å²) in [6.07, 6.45) is 2.47. The second-order valence-corrected chi connectivity index (χ2v) is 5.58. The molecule has 0 aromatic heterocycles. The zero-order chi connectivity index (χ0) is 14.7. The van der Waals surface area contributed by atoms with Crippen molar-refractivity contribution in [3.8, 4) is 0 Å². The van der Waals surface area contributed by atoms with Gasteiger partial charge in [-0.25, -0.2) is 8.78 Å². The SMILES string of the molecule is CC(Cc1c(F)cccc1F)NC(=O)C1CCC(N)C1. The summed E-state index contributed by atoms with van der Waals surface area (Å²) in [7, 11) is 0. The third-order valence-electron chi connectivity index (χ3n) is 3.80. The predicted octanol–water partition coefficient (Wildman–Crippen LogP) is 2.14. The lowest BCUT2D eigenvalue weighted by molar-refractivity contribution is -0.125. The van der Waals surface area contributed by atoms with Crippen molar-refractivity contribution in [2.75, 3.05) is 0 Å². The molecule has 110 valence electrons. The van der Waals surface area contributed by atoms with E-state index in [4.69, 9.17) is 5.73 Å². The van der Waals surface area contributed by atoms with Crippen LogP contribution in [0.15, 0.2) is 18.2 Å². The molecule has 3 nitrogen and oxygen atoms in total. The van der Waals surface area contributed by atoms with Crippen molar-refractivity contribution in [1.29, 1.82) is 0 Å². The van der Waals surface area contributed by atoms with Crippen LogP contribution in [-0.4, -0.2) is 18.0 Å². The molecule has 0 heterocycles. The van der Waals surface area contributed by atoms with Crippen molar-refractivity contribution in [2.24, 2.45) is 11.7 Å². The van der Waals surface area contributed by atoms with E-state index >= 15 is 0 Å². The average molecular weight is 282 g/mol. The maximum absolute atomic E-state index is 13.5. The molecule has 0 aliphatic heterocycles. The molecule has 1 aliphatic rings. The van der Waals surface area contributed by atoms with Crippen LogP contribution in [0.1, 0.15) is 31.7 Å². The molecule has 3 unspecified atom stereocenters. The number of halogens is 2. The molecular formula is C15H20F2N2O. The summed E-state index contributed by atoms with van der Waals surface area (Å²) >= 11 is 0. The lowest BCUT2D eigenvalue weighted by Gasteiger charge is -2.17. The monoisotopic (exact) mass is 282 g/mol. The number of nitrogens with two attached hydrogens (primary N) is 1. The third-order valence-corrected chi connectivity index (χ3v) is 3.80. The highest BCUT2D eigenvalue weighted by molar-refractivity contribution is 5.79. The molecule has 3 N–H and O–H groups in total. The fourth-order valence-electron chi connectivity index (χ4n) is 2.70. The van der Waals surface area contributed by atoms with Crippen LogP contribution in [0.3, 0.4) is 0 Å². The highest BCUT2D eigenvalue weighted by atomic mass is 19.1. The fourth-order valence-corrected chi connectivity index (χ4v) is 2.70. The number of hydrogen-bond acceptors (Lipinski definition) is 2. The number of carbonyl (C=O) groups excluding carboxylic acids is 1. The number of rotatable bonds is 4. The topological polar surface area (TPSA) is 55.1 Å². The fraction of sp³-hybridized carbons (Fsp3) is 0.533. The van der Waals surface area contributed by atoms with Gasteiger partial charge < -0.3 is 11.1 Å². The Kier molecular flexibility index (Phi) is 4.70. The normalized spacial score (nSPS) is 23.6. The lowest BCUT2D eigenvalue weighted by atomic mass is 10.0. The predicted molar refractivity (Wildman–Crippen MR) is 73.0 cm³/mol. The Balaban J connectivity index is 1.92. The van der Waals surface area contributed by atoms with E-state index in [2.05, 4.69) is 5.32 Å².